The lowest BCUT2D eigenvalue weighted by molar-refractivity contribution is -0.945. The van der Waals surface area contributed by atoms with Crippen LogP contribution in [0.3, 0.4) is 0 Å². The highest BCUT2D eigenvalue weighted by Gasteiger charge is 2.30. The molecule has 1 aliphatic rings. The molecular weight excluding hydrogens is 212 g/mol. The van der Waals surface area contributed by atoms with Crippen molar-refractivity contribution in [2.45, 2.75) is 26.4 Å². The Bertz CT molecular complexity index is 374. The lowest BCUT2D eigenvalue weighted by Crippen LogP contribution is -3.14. The number of nitrogens with one attached hydrogen (secondary N) is 1. The molecular formula is C14H24N2O+2. The Morgan fingerprint density at radius 1 is 1.35 bits per heavy atom. The van der Waals surface area contributed by atoms with E-state index in [1.807, 2.05) is 0 Å². The highest BCUT2D eigenvalue weighted by Crippen LogP contribution is 2.23. The maximum atomic E-state index is 5.36. The van der Waals surface area contributed by atoms with Crippen LogP contribution in [0.15, 0.2) is 18.2 Å². The van der Waals surface area contributed by atoms with E-state index >= 15 is 0 Å². The quantitative estimate of drug-likeness (QED) is 0.741. The average Bonchev–Trinajstić information content (AvgIpc) is 2.40. The van der Waals surface area contributed by atoms with Crippen molar-refractivity contribution in [1.82, 2.24) is 0 Å². The topological polar surface area (TPSA) is 30.3 Å². The van der Waals surface area contributed by atoms with Gasteiger partial charge in [0.15, 0.2) is 6.04 Å². The molecule has 0 aromatic heterocycles. The highest BCUT2D eigenvalue weighted by atomic mass is 16.5. The summed E-state index contributed by atoms with van der Waals surface area (Å²) in [4.78, 5) is 1.66. The van der Waals surface area contributed by atoms with Crippen molar-refractivity contribution >= 4 is 0 Å². The van der Waals surface area contributed by atoms with Crippen molar-refractivity contribution in [2.75, 3.05) is 26.7 Å². The average molecular weight is 236 g/mol. The van der Waals surface area contributed by atoms with Gasteiger partial charge in [0.05, 0.1) is 20.2 Å². The summed E-state index contributed by atoms with van der Waals surface area (Å²) >= 11 is 0. The van der Waals surface area contributed by atoms with Gasteiger partial charge >= 0.3 is 0 Å². The Balaban J connectivity index is 2.34. The lowest BCUT2D eigenvalue weighted by atomic mass is 9.95. The van der Waals surface area contributed by atoms with Crippen molar-refractivity contribution in [2.24, 2.45) is 0 Å². The third-order valence-electron chi connectivity index (χ3n) is 3.90. The second-order valence-corrected chi connectivity index (χ2v) is 4.71. The molecule has 0 spiro atoms. The fraction of sp³-hybridized carbons (Fsp3) is 0.571. The number of nitrogens with two attached hydrogens (primary N) is 1. The number of hydrogen-bond acceptors (Lipinski definition) is 1. The van der Waals surface area contributed by atoms with Gasteiger partial charge in [0, 0.05) is 11.1 Å². The minimum atomic E-state index is 0.615. The van der Waals surface area contributed by atoms with Crippen LogP contribution in [0.25, 0.3) is 0 Å². The van der Waals surface area contributed by atoms with Gasteiger partial charge in [0.25, 0.3) is 0 Å². The van der Waals surface area contributed by atoms with Crippen molar-refractivity contribution < 1.29 is 15.0 Å². The predicted molar refractivity (Wildman–Crippen MR) is 68.3 cm³/mol. The number of likely N-dealkylation sites (N-methyl/N-ethyl adjacent to an activating group) is 1. The standard InChI is InChI=1S/C14H22N2O/c1-4-16(5-2)14-10-15-9-11-6-7-12(17-3)8-13(11)14/h6-8,14-15H,4-5,9-10H2,1-3H3/p+2/t14-/m0/s1. The van der Waals surface area contributed by atoms with Gasteiger partial charge in [-0.05, 0) is 32.0 Å². The van der Waals surface area contributed by atoms with Gasteiger partial charge in [0.1, 0.15) is 18.8 Å². The van der Waals surface area contributed by atoms with E-state index in [0.29, 0.717) is 6.04 Å². The lowest BCUT2D eigenvalue weighted by Gasteiger charge is -2.30. The van der Waals surface area contributed by atoms with E-state index in [0.717, 1.165) is 12.3 Å². The molecule has 0 fully saturated rings. The van der Waals surface area contributed by atoms with Crippen molar-refractivity contribution in [3.8, 4) is 5.75 Å². The number of ether oxygens (including phenoxy) is 1. The molecule has 1 atom stereocenters. The summed E-state index contributed by atoms with van der Waals surface area (Å²) in [6, 6.07) is 7.15. The molecule has 1 aromatic rings. The number of fused-ring (bicyclic) bond motifs is 1. The normalized spacial score (nSPS) is 19.2. The van der Waals surface area contributed by atoms with E-state index in [9.17, 15) is 0 Å². The van der Waals surface area contributed by atoms with Crippen molar-refractivity contribution in [3.63, 3.8) is 0 Å². The molecule has 0 bridgehead atoms. The first-order chi connectivity index (χ1) is 8.30. The molecule has 94 valence electrons. The van der Waals surface area contributed by atoms with E-state index < -0.39 is 0 Å². The summed E-state index contributed by atoms with van der Waals surface area (Å²) in [5.41, 5.74) is 2.96. The Labute approximate surface area is 104 Å². The summed E-state index contributed by atoms with van der Waals surface area (Å²) in [5, 5.41) is 2.42. The molecule has 0 saturated heterocycles. The zero-order chi connectivity index (χ0) is 12.3. The fourth-order valence-corrected chi connectivity index (χ4v) is 2.87. The van der Waals surface area contributed by atoms with Crippen LogP contribution in [0.2, 0.25) is 0 Å². The van der Waals surface area contributed by atoms with Crippen LogP contribution in [0.1, 0.15) is 31.0 Å². The van der Waals surface area contributed by atoms with Gasteiger partial charge in [-0.25, -0.2) is 0 Å². The Morgan fingerprint density at radius 3 is 2.76 bits per heavy atom. The molecule has 1 aliphatic heterocycles. The number of benzene rings is 1. The maximum absolute atomic E-state index is 5.36. The van der Waals surface area contributed by atoms with Crippen LogP contribution in [0, 0.1) is 0 Å². The first-order valence-electron chi connectivity index (χ1n) is 6.63. The second-order valence-electron chi connectivity index (χ2n) is 4.71. The van der Waals surface area contributed by atoms with Crippen LogP contribution in [0.4, 0.5) is 0 Å². The van der Waals surface area contributed by atoms with Gasteiger partial charge in [0.2, 0.25) is 0 Å². The van der Waals surface area contributed by atoms with Crippen LogP contribution in [-0.2, 0) is 6.54 Å². The molecule has 3 nitrogen and oxygen atoms in total. The molecule has 0 radical (unpaired) electrons. The van der Waals surface area contributed by atoms with Crippen LogP contribution in [-0.4, -0.2) is 26.7 Å². The van der Waals surface area contributed by atoms with E-state index in [1.165, 1.54) is 30.8 Å². The second kappa shape index (κ2) is 5.52. The number of methoxy groups -OCH3 is 1. The monoisotopic (exact) mass is 236 g/mol. The Morgan fingerprint density at radius 2 is 2.12 bits per heavy atom. The SMILES string of the molecule is CC[NH+](CC)[C@H]1C[NH2+]Cc2ccc(OC)cc21. The fourth-order valence-electron chi connectivity index (χ4n) is 2.87. The minimum absolute atomic E-state index is 0.615. The van der Waals surface area contributed by atoms with E-state index in [2.05, 4.69) is 37.4 Å². The smallest absolute Gasteiger partial charge is 0.163 e. The molecule has 0 aliphatic carbocycles. The number of quaternary nitrogens is 2. The van der Waals surface area contributed by atoms with Crippen molar-refractivity contribution in [3.05, 3.63) is 29.3 Å². The predicted octanol–water partition coefficient (Wildman–Crippen LogP) is -0.262. The summed E-state index contributed by atoms with van der Waals surface area (Å²) in [5.74, 6) is 0.988. The van der Waals surface area contributed by atoms with Crippen LogP contribution < -0.4 is 15.0 Å². The first-order valence-corrected chi connectivity index (χ1v) is 6.63. The Hall–Kier alpha value is -1.06. The third-order valence-corrected chi connectivity index (χ3v) is 3.90. The summed E-state index contributed by atoms with van der Waals surface area (Å²) < 4.78 is 5.36. The number of rotatable bonds is 4. The molecule has 0 unspecified atom stereocenters. The molecule has 0 saturated carbocycles. The van der Waals surface area contributed by atoms with Crippen LogP contribution in [0.5, 0.6) is 5.75 Å². The molecule has 1 heterocycles. The maximum Gasteiger partial charge on any atom is 0.163 e. The summed E-state index contributed by atoms with van der Waals surface area (Å²) in [6.07, 6.45) is 0. The molecule has 17 heavy (non-hydrogen) atoms. The van der Waals surface area contributed by atoms with E-state index in [-0.39, 0.29) is 0 Å². The Kier molecular flexibility index (Phi) is 4.02. The van der Waals surface area contributed by atoms with E-state index in [1.54, 1.807) is 12.0 Å². The zero-order valence-corrected chi connectivity index (χ0v) is 11.1. The molecule has 3 N–H and O–H groups in total. The highest BCUT2D eigenvalue weighted by molar-refractivity contribution is 5.37. The largest absolute Gasteiger partial charge is 0.497 e. The summed E-state index contributed by atoms with van der Waals surface area (Å²) in [6.45, 7) is 9.21. The van der Waals surface area contributed by atoms with Crippen LogP contribution >= 0.6 is 0 Å². The van der Waals surface area contributed by atoms with Gasteiger partial charge in [-0.1, -0.05) is 0 Å². The number of hydrogen-bond donors (Lipinski definition) is 2. The molecule has 0 amide bonds. The molecule has 1 aromatic carbocycles. The van der Waals surface area contributed by atoms with E-state index in [4.69, 9.17) is 4.74 Å². The zero-order valence-electron chi connectivity index (χ0n) is 11.1. The van der Waals surface area contributed by atoms with Gasteiger partial charge < -0.3 is 15.0 Å². The third kappa shape index (κ3) is 2.45. The van der Waals surface area contributed by atoms with Gasteiger partial charge in [-0.15, -0.1) is 0 Å². The molecule has 2 rings (SSSR count). The summed E-state index contributed by atoms with van der Waals surface area (Å²) in [7, 11) is 1.75. The minimum Gasteiger partial charge on any atom is -0.497 e. The van der Waals surface area contributed by atoms with Gasteiger partial charge in [-0.3, -0.25) is 0 Å². The van der Waals surface area contributed by atoms with Gasteiger partial charge in [-0.2, -0.15) is 0 Å². The first kappa shape index (κ1) is 12.4. The molecule has 3 heteroatoms. The van der Waals surface area contributed by atoms with Crippen molar-refractivity contribution in [1.29, 1.82) is 0 Å².